The van der Waals surface area contributed by atoms with Gasteiger partial charge in [0.15, 0.2) is 5.11 Å². The number of anilines is 1. The topological polar surface area (TPSA) is 45.6 Å². The van der Waals surface area contributed by atoms with Crippen molar-refractivity contribution in [2.45, 2.75) is 13.8 Å². The summed E-state index contributed by atoms with van der Waals surface area (Å²) in [7, 11) is 0. The quantitative estimate of drug-likeness (QED) is 0.501. The first-order valence-corrected chi connectivity index (χ1v) is 7.49. The van der Waals surface area contributed by atoms with Crippen LogP contribution in [0.2, 0.25) is 0 Å². The first-order chi connectivity index (χ1) is 10.7. The van der Waals surface area contributed by atoms with Gasteiger partial charge in [0.2, 0.25) is 0 Å². The zero-order valence-corrected chi connectivity index (χ0v) is 13.5. The Morgan fingerprint density at radius 1 is 1.09 bits per heavy atom. The minimum atomic E-state index is 0.444. The summed E-state index contributed by atoms with van der Waals surface area (Å²) >= 11 is 5.23. The highest BCUT2D eigenvalue weighted by molar-refractivity contribution is 7.80. The van der Waals surface area contributed by atoms with Gasteiger partial charge in [-0.25, -0.2) is 0 Å². The lowest BCUT2D eigenvalue weighted by Gasteiger charge is -2.09. The Morgan fingerprint density at radius 3 is 2.41 bits per heavy atom. The van der Waals surface area contributed by atoms with E-state index < -0.39 is 0 Å². The minimum absolute atomic E-state index is 0.444. The molecule has 0 amide bonds. The molecule has 0 heterocycles. The Hall–Kier alpha value is -2.40. The second kappa shape index (κ2) is 8.14. The molecule has 2 N–H and O–H groups in total. The third-order valence-corrected chi connectivity index (χ3v) is 3.13. The fourth-order valence-corrected chi connectivity index (χ4v) is 2.00. The molecule has 0 bridgehead atoms. The third-order valence-electron chi connectivity index (χ3n) is 2.94. The van der Waals surface area contributed by atoms with E-state index in [1.807, 2.05) is 68.4 Å². The van der Waals surface area contributed by atoms with Crippen LogP contribution in [0.25, 0.3) is 0 Å². The van der Waals surface area contributed by atoms with Gasteiger partial charge in [-0.1, -0.05) is 30.3 Å². The van der Waals surface area contributed by atoms with Crippen molar-refractivity contribution in [2.24, 2.45) is 5.10 Å². The SMILES string of the molecule is CCOc1ccc(NC(=S)N/N=C(/C)c2ccccc2)cc1. The summed E-state index contributed by atoms with van der Waals surface area (Å²) in [6.07, 6.45) is 0. The first-order valence-electron chi connectivity index (χ1n) is 7.08. The smallest absolute Gasteiger partial charge is 0.191 e. The van der Waals surface area contributed by atoms with Gasteiger partial charge in [0.1, 0.15) is 5.75 Å². The van der Waals surface area contributed by atoms with Gasteiger partial charge in [0, 0.05) is 5.69 Å². The lowest BCUT2D eigenvalue weighted by Crippen LogP contribution is -2.24. The summed E-state index contributed by atoms with van der Waals surface area (Å²) in [5.74, 6) is 0.838. The molecule has 0 unspecified atom stereocenters. The molecule has 0 spiro atoms. The van der Waals surface area contributed by atoms with Crippen molar-refractivity contribution in [3.05, 3.63) is 60.2 Å². The lowest BCUT2D eigenvalue weighted by atomic mass is 10.1. The van der Waals surface area contributed by atoms with E-state index in [-0.39, 0.29) is 0 Å². The van der Waals surface area contributed by atoms with E-state index in [2.05, 4.69) is 15.8 Å². The summed E-state index contributed by atoms with van der Waals surface area (Å²) in [5, 5.41) is 7.80. The fraction of sp³-hybridized carbons (Fsp3) is 0.176. The lowest BCUT2D eigenvalue weighted by molar-refractivity contribution is 0.340. The molecule has 5 heteroatoms. The Labute approximate surface area is 136 Å². The summed E-state index contributed by atoms with van der Waals surface area (Å²) in [5.41, 5.74) is 5.66. The summed E-state index contributed by atoms with van der Waals surface area (Å²) in [6.45, 7) is 4.54. The van der Waals surface area contributed by atoms with E-state index in [0.29, 0.717) is 11.7 Å². The maximum absolute atomic E-state index is 5.40. The summed E-state index contributed by atoms with van der Waals surface area (Å²) in [6, 6.07) is 17.5. The molecule has 0 saturated carbocycles. The normalized spacial score (nSPS) is 10.9. The van der Waals surface area contributed by atoms with Crippen molar-refractivity contribution in [3.8, 4) is 5.75 Å². The molecule has 0 aliphatic heterocycles. The molecular formula is C17H19N3OS. The van der Waals surface area contributed by atoms with Crippen LogP contribution in [0.15, 0.2) is 59.7 Å². The number of benzene rings is 2. The number of hydrogen-bond acceptors (Lipinski definition) is 3. The molecule has 22 heavy (non-hydrogen) atoms. The average Bonchev–Trinajstić information content (AvgIpc) is 2.55. The predicted octanol–water partition coefficient (Wildman–Crippen LogP) is 3.80. The van der Waals surface area contributed by atoms with Crippen LogP contribution in [0.3, 0.4) is 0 Å². The van der Waals surface area contributed by atoms with E-state index in [4.69, 9.17) is 17.0 Å². The number of hydrazone groups is 1. The second-order valence-electron chi connectivity index (χ2n) is 4.59. The van der Waals surface area contributed by atoms with Crippen LogP contribution in [0, 0.1) is 0 Å². The van der Waals surface area contributed by atoms with Crippen molar-refractivity contribution in [1.29, 1.82) is 0 Å². The van der Waals surface area contributed by atoms with Crippen LogP contribution in [-0.2, 0) is 0 Å². The van der Waals surface area contributed by atoms with Crippen molar-refractivity contribution in [3.63, 3.8) is 0 Å². The van der Waals surface area contributed by atoms with Crippen LogP contribution in [0.4, 0.5) is 5.69 Å². The minimum Gasteiger partial charge on any atom is -0.494 e. The predicted molar refractivity (Wildman–Crippen MR) is 95.6 cm³/mol. The van der Waals surface area contributed by atoms with Crippen LogP contribution >= 0.6 is 12.2 Å². The molecular weight excluding hydrogens is 294 g/mol. The molecule has 4 nitrogen and oxygen atoms in total. The molecule has 0 aromatic heterocycles. The maximum atomic E-state index is 5.40. The Bertz CT molecular complexity index is 639. The van der Waals surface area contributed by atoms with Crippen LogP contribution in [-0.4, -0.2) is 17.4 Å². The monoisotopic (exact) mass is 313 g/mol. The Balaban J connectivity index is 1.90. The van der Waals surface area contributed by atoms with Gasteiger partial charge < -0.3 is 10.1 Å². The maximum Gasteiger partial charge on any atom is 0.191 e. The van der Waals surface area contributed by atoms with Crippen molar-refractivity contribution < 1.29 is 4.74 Å². The second-order valence-corrected chi connectivity index (χ2v) is 4.99. The van der Waals surface area contributed by atoms with Gasteiger partial charge >= 0.3 is 0 Å². The van der Waals surface area contributed by atoms with E-state index in [1.54, 1.807) is 0 Å². The molecule has 0 radical (unpaired) electrons. The van der Waals surface area contributed by atoms with Crippen LogP contribution in [0.1, 0.15) is 19.4 Å². The largest absolute Gasteiger partial charge is 0.494 e. The van der Waals surface area contributed by atoms with Crippen LogP contribution in [0.5, 0.6) is 5.75 Å². The number of nitrogens with one attached hydrogen (secondary N) is 2. The van der Waals surface area contributed by atoms with Crippen molar-refractivity contribution in [2.75, 3.05) is 11.9 Å². The average molecular weight is 313 g/mol. The van der Waals surface area contributed by atoms with E-state index >= 15 is 0 Å². The molecule has 0 saturated heterocycles. The van der Waals surface area contributed by atoms with E-state index in [1.165, 1.54) is 0 Å². The van der Waals surface area contributed by atoms with E-state index in [0.717, 1.165) is 22.7 Å². The first kappa shape index (κ1) is 16.0. The Kier molecular flexibility index (Phi) is 5.91. The molecule has 0 aliphatic rings. The molecule has 2 aromatic rings. The number of nitrogens with zero attached hydrogens (tertiary/aromatic N) is 1. The zero-order valence-electron chi connectivity index (χ0n) is 12.7. The van der Waals surface area contributed by atoms with Gasteiger partial charge in [0.05, 0.1) is 12.3 Å². The zero-order chi connectivity index (χ0) is 15.8. The Morgan fingerprint density at radius 2 is 1.77 bits per heavy atom. The number of thiocarbonyl (C=S) groups is 1. The van der Waals surface area contributed by atoms with Gasteiger partial charge in [-0.2, -0.15) is 5.10 Å². The standard InChI is InChI=1S/C17H19N3OS/c1-3-21-16-11-9-15(10-12-16)18-17(22)20-19-13(2)14-7-5-4-6-8-14/h4-12H,3H2,1-2H3,(H2,18,20,22)/b19-13-. The highest BCUT2D eigenvalue weighted by atomic mass is 32.1. The number of ether oxygens (including phenoxy) is 1. The van der Waals surface area contributed by atoms with Crippen molar-refractivity contribution >= 4 is 28.7 Å². The van der Waals surface area contributed by atoms with E-state index in [9.17, 15) is 0 Å². The molecule has 0 atom stereocenters. The van der Waals surface area contributed by atoms with Gasteiger partial charge in [-0.3, -0.25) is 5.43 Å². The summed E-state index contributed by atoms with van der Waals surface area (Å²) < 4.78 is 5.40. The molecule has 0 aliphatic carbocycles. The number of hydrogen-bond donors (Lipinski definition) is 2. The van der Waals surface area contributed by atoms with Crippen LogP contribution < -0.4 is 15.5 Å². The molecule has 2 rings (SSSR count). The van der Waals surface area contributed by atoms with Crippen molar-refractivity contribution in [1.82, 2.24) is 5.43 Å². The molecule has 2 aromatic carbocycles. The van der Waals surface area contributed by atoms with Gasteiger partial charge in [0.25, 0.3) is 0 Å². The number of rotatable bonds is 5. The highest BCUT2D eigenvalue weighted by Crippen LogP contribution is 2.15. The fourth-order valence-electron chi connectivity index (χ4n) is 1.84. The van der Waals surface area contributed by atoms with Gasteiger partial charge in [-0.05, 0) is 55.9 Å². The van der Waals surface area contributed by atoms with Gasteiger partial charge in [-0.15, -0.1) is 0 Å². The third kappa shape index (κ3) is 4.86. The summed E-state index contributed by atoms with van der Waals surface area (Å²) in [4.78, 5) is 0. The molecule has 0 fully saturated rings. The molecule has 114 valence electrons. The highest BCUT2D eigenvalue weighted by Gasteiger charge is 1.99.